The largest absolute Gasteiger partial charge is 0.211 e. The molecule has 13 heavy (non-hydrogen) atoms. The van der Waals surface area contributed by atoms with Crippen LogP contribution in [-0.4, -0.2) is 15.4 Å². The molecule has 2 aliphatic rings. The lowest BCUT2D eigenvalue weighted by Crippen LogP contribution is -1.93. The van der Waals surface area contributed by atoms with E-state index in [0.717, 1.165) is 11.8 Å². The maximum absolute atomic E-state index is 4.63. The molecule has 2 saturated carbocycles. The fraction of sp³-hybridized carbons (Fsp3) is 0.700. The van der Waals surface area contributed by atoms with E-state index in [0.29, 0.717) is 0 Å². The van der Waals surface area contributed by atoms with E-state index in [1.807, 2.05) is 0 Å². The standard InChI is InChI=1S/C10H14N2S/c1-13-12-10(8-4-5-8)6-9(11-12)7-2-3-7/h6-8H,2-5H2,1H3. The van der Waals surface area contributed by atoms with Crippen molar-refractivity contribution in [2.45, 2.75) is 37.5 Å². The highest BCUT2D eigenvalue weighted by Gasteiger charge is 2.32. The lowest BCUT2D eigenvalue weighted by Gasteiger charge is -1.99. The Hall–Kier alpha value is -0.440. The smallest absolute Gasteiger partial charge is 0.0669 e. The summed E-state index contributed by atoms with van der Waals surface area (Å²) in [5.41, 5.74) is 2.81. The van der Waals surface area contributed by atoms with Gasteiger partial charge in [0, 0.05) is 18.1 Å². The minimum atomic E-state index is 0.797. The summed E-state index contributed by atoms with van der Waals surface area (Å²) in [5.74, 6) is 1.62. The van der Waals surface area contributed by atoms with Crippen LogP contribution in [0.1, 0.15) is 48.9 Å². The van der Waals surface area contributed by atoms with Crippen molar-refractivity contribution in [3.8, 4) is 0 Å². The van der Waals surface area contributed by atoms with Crippen LogP contribution in [-0.2, 0) is 0 Å². The summed E-state index contributed by atoms with van der Waals surface area (Å²) in [6.07, 6.45) is 7.56. The number of hydrogen-bond donors (Lipinski definition) is 0. The highest BCUT2D eigenvalue weighted by Crippen LogP contribution is 2.45. The Bertz CT molecular complexity index is 324. The Kier molecular flexibility index (Phi) is 1.69. The summed E-state index contributed by atoms with van der Waals surface area (Å²) in [6, 6.07) is 2.34. The minimum Gasteiger partial charge on any atom is -0.211 e. The molecule has 70 valence electrons. The summed E-state index contributed by atoms with van der Waals surface area (Å²) in [6.45, 7) is 0. The summed E-state index contributed by atoms with van der Waals surface area (Å²) >= 11 is 1.74. The first-order chi connectivity index (χ1) is 6.38. The third-order valence-electron chi connectivity index (χ3n) is 2.89. The monoisotopic (exact) mass is 194 g/mol. The Labute approximate surface area is 82.8 Å². The molecule has 0 aromatic carbocycles. The molecule has 1 aromatic heterocycles. The average Bonchev–Trinajstić information content (AvgIpc) is 3.02. The van der Waals surface area contributed by atoms with E-state index in [1.54, 1.807) is 11.9 Å². The van der Waals surface area contributed by atoms with E-state index in [2.05, 4.69) is 21.5 Å². The van der Waals surface area contributed by atoms with Crippen molar-refractivity contribution in [1.82, 2.24) is 9.19 Å². The van der Waals surface area contributed by atoms with Gasteiger partial charge in [-0.1, -0.05) is 0 Å². The molecule has 0 amide bonds. The van der Waals surface area contributed by atoms with Gasteiger partial charge in [0.1, 0.15) is 0 Å². The second-order valence-electron chi connectivity index (χ2n) is 4.10. The van der Waals surface area contributed by atoms with E-state index >= 15 is 0 Å². The minimum absolute atomic E-state index is 0.797. The Balaban J connectivity index is 1.95. The first-order valence-electron chi connectivity index (χ1n) is 5.03. The fourth-order valence-electron chi connectivity index (χ4n) is 1.78. The van der Waals surface area contributed by atoms with Gasteiger partial charge in [0.15, 0.2) is 0 Å². The number of rotatable bonds is 3. The maximum Gasteiger partial charge on any atom is 0.0669 e. The highest BCUT2D eigenvalue weighted by atomic mass is 32.2. The van der Waals surface area contributed by atoms with Crippen LogP contribution in [0, 0.1) is 0 Å². The molecule has 0 aliphatic heterocycles. The van der Waals surface area contributed by atoms with E-state index in [1.165, 1.54) is 37.1 Å². The van der Waals surface area contributed by atoms with E-state index in [9.17, 15) is 0 Å². The highest BCUT2D eigenvalue weighted by molar-refractivity contribution is 7.97. The molecule has 2 nitrogen and oxygen atoms in total. The molecule has 0 bridgehead atoms. The van der Waals surface area contributed by atoms with E-state index in [-0.39, 0.29) is 0 Å². The van der Waals surface area contributed by atoms with Crippen LogP contribution in [0.25, 0.3) is 0 Å². The lowest BCUT2D eigenvalue weighted by molar-refractivity contribution is 0.877. The van der Waals surface area contributed by atoms with Crippen molar-refractivity contribution in [2.75, 3.05) is 6.26 Å². The van der Waals surface area contributed by atoms with Crippen LogP contribution >= 0.6 is 11.9 Å². The summed E-state index contributed by atoms with van der Waals surface area (Å²) in [4.78, 5) is 0. The molecular formula is C10H14N2S. The Morgan fingerprint density at radius 2 is 2.00 bits per heavy atom. The maximum atomic E-state index is 4.63. The number of nitrogens with zero attached hydrogens (tertiary/aromatic N) is 2. The molecule has 3 heteroatoms. The van der Waals surface area contributed by atoms with Crippen molar-refractivity contribution in [3.63, 3.8) is 0 Å². The van der Waals surface area contributed by atoms with Crippen molar-refractivity contribution < 1.29 is 0 Å². The lowest BCUT2D eigenvalue weighted by atomic mass is 10.2. The van der Waals surface area contributed by atoms with E-state index in [4.69, 9.17) is 0 Å². The van der Waals surface area contributed by atoms with Gasteiger partial charge in [-0.05, 0) is 43.7 Å². The molecule has 3 rings (SSSR count). The molecule has 0 N–H and O–H groups in total. The molecule has 1 heterocycles. The van der Waals surface area contributed by atoms with Crippen LogP contribution in [0.3, 0.4) is 0 Å². The second-order valence-corrected chi connectivity index (χ2v) is 4.81. The van der Waals surface area contributed by atoms with Gasteiger partial charge in [-0.2, -0.15) is 5.10 Å². The zero-order valence-corrected chi connectivity index (χ0v) is 8.68. The van der Waals surface area contributed by atoms with Crippen molar-refractivity contribution >= 4 is 11.9 Å². The third-order valence-corrected chi connectivity index (χ3v) is 3.53. The van der Waals surface area contributed by atoms with Gasteiger partial charge >= 0.3 is 0 Å². The normalized spacial score (nSPS) is 22.2. The molecule has 0 radical (unpaired) electrons. The molecular weight excluding hydrogens is 180 g/mol. The topological polar surface area (TPSA) is 17.8 Å². The predicted octanol–water partition coefficient (Wildman–Crippen LogP) is 2.76. The second kappa shape index (κ2) is 2.77. The Morgan fingerprint density at radius 3 is 2.54 bits per heavy atom. The molecule has 1 aromatic rings. The van der Waals surface area contributed by atoms with Gasteiger partial charge < -0.3 is 0 Å². The van der Waals surface area contributed by atoms with Crippen LogP contribution in [0.2, 0.25) is 0 Å². The molecule has 0 atom stereocenters. The quantitative estimate of drug-likeness (QED) is 0.736. The predicted molar refractivity (Wildman–Crippen MR) is 55.1 cm³/mol. The molecule has 0 saturated heterocycles. The summed E-state index contributed by atoms with van der Waals surface area (Å²) < 4.78 is 2.13. The first-order valence-corrected chi connectivity index (χ1v) is 6.21. The first kappa shape index (κ1) is 7.92. The molecule has 0 spiro atoms. The van der Waals surface area contributed by atoms with Crippen LogP contribution in [0.15, 0.2) is 6.07 Å². The van der Waals surface area contributed by atoms with Crippen molar-refractivity contribution in [1.29, 1.82) is 0 Å². The molecule has 2 aliphatic carbocycles. The van der Waals surface area contributed by atoms with Crippen molar-refractivity contribution in [3.05, 3.63) is 17.5 Å². The van der Waals surface area contributed by atoms with E-state index < -0.39 is 0 Å². The Morgan fingerprint density at radius 1 is 1.31 bits per heavy atom. The van der Waals surface area contributed by atoms with Gasteiger partial charge in [-0.25, -0.2) is 4.09 Å². The zero-order valence-electron chi connectivity index (χ0n) is 7.86. The SMILES string of the molecule is CSn1nc(C2CC2)cc1C1CC1. The van der Waals surface area contributed by atoms with Gasteiger partial charge in [0.2, 0.25) is 0 Å². The zero-order chi connectivity index (χ0) is 8.84. The molecule has 0 unspecified atom stereocenters. The average molecular weight is 194 g/mol. The van der Waals surface area contributed by atoms with Crippen LogP contribution < -0.4 is 0 Å². The third kappa shape index (κ3) is 1.39. The number of hydrogen-bond acceptors (Lipinski definition) is 2. The van der Waals surface area contributed by atoms with Crippen LogP contribution in [0.4, 0.5) is 0 Å². The summed E-state index contributed by atoms with van der Waals surface area (Å²) in [5, 5.41) is 4.63. The van der Waals surface area contributed by atoms with Crippen molar-refractivity contribution in [2.24, 2.45) is 0 Å². The fourth-order valence-corrected chi connectivity index (χ4v) is 2.36. The van der Waals surface area contributed by atoms with Crippen LogP contribution in [0.5, 0.6) is 0 Å². The van der Waals surface area contributed by atoms with Gasteiger partial charge in [0.25, 0.3) is 0 Å². The van der Waals surface area contributed by atoms with Gasteiger partial charge in [-0.15, -0.1) is 0 Å². The summed E-state index contributed by atoms with van der Waals surface area (Å²) in [7, 11) is 0. The number of aromatic nitrogens is 2. The van der Waals surface area contributed by atoms with Gasteiger partial charge in [0.05, 0.1) is 11.4 Å². The van der Waals surface area contributed by atoms with Gasteiger partial charge in [-0.3, -0.25) is 0 Å². The molecule has 2 fully saturated rings.